The van der Waals surface area contributed by atoms with E-state index in [-0.39, 0.29) is 0 Å². The monoisotopic (exact) mass is 395 g/mol. The van der Waals surface area contributed by atoms with Gasteiger partial charge in [0.25, 0.3) is 0 Å². The molecule has 0 aliphatic rings. The minimum Gasteiger partial charge on any atom is -0.492 e. The minimum absolute atomic E-state index is 0.391. The second-order valence-electron chi connectivity index (χ2n) is 8.58. The SMILES string of the molecule is CN(C)CCOc1cccc(N(NC(=O)OC(C)(C)C)C(=O)OC(C)(C)C)c1. The third-order valence-electron chi connectivity index (χ3n) is 3.06. The Morgan fingerprint density at radius 1 is 1.00 bits per heavy atom. The quantitative estimate of drug-likeness (QED) is 0.764. The Hall–Kier alpha value is -2.48. The number of anilines is 1. The molecule has 2 amide bonds. The summed E-state index contributed by atoms with van der Waals surface area (Å²) < 4.78 is 16.4. The predicted octanol–water partition coefficient (Wildman–Crippen LogP) is 3.81. The molecule has 0 spiro atoms. The third-order valence-corrected chi connectivity index (χ3v) is 3.06. The summed E-state index contributed by atoms with van der Waals surface area (Å²) >= 11 is 0. The van der Waals surface area contributed by atoms with Crippen LogP contribution in [0.2, 0.25) is 0 Å². The predicted molar refractivity (Wildman–Crippen MR) is 109 cm³/mol. The molecular formula is C20H33N3O5. The zero-order chi connectivity index (χ0) is 21.5. The molecule has 1 rings (SSSR count). The number of carbonyl (C=O) groups excluding carboxylic acids is 2. The lowest BCUT2D eigenvalue weighted by Crippen LogP contribution is -2.50. The van der Waals surface area contributed by atoms with Gasteiger partial charge in [-0.05, 0) is 67.8 Å². The molecule has 1 aromatic carbocycles. The molecule has 0 aliphatic heterocycles. The van der Waals surface area contributed by atoms with Gasteiger partial charge in [0.2, 0.25) is 0 Å². The van der Waals surface area contributed by atoms with Crippen LogP contribution in [0.4, 0.5) is 15.3 Å². The summed E-state index contributed by atoms with van der Waals surface area (Å²) in [7, 11) is 3.91. The van der Waals surface area contributed by atoms with Gasteiger partial charge in [-0.25, -0.2) is 15.0 Å². The molecule has 0 aliphatic carbocycles. The van der Waals surface area contributed by atoms with Gasteiger partial charge in [0, 0.05) is 12.6 Å². The van der Waals surface area contributed by atoms with Crippen LogP contribution in [-0.2, 0) is 9.47 Å². The molecule has 0 atom stereocenters. The molecular weight excluding hydrogens is 362 g/mol. The molecule has 8 heteroatoms. The molecule has 28 heavy (non-hydrogen) atoms. The number of benzene rings is 1. The van der Waals surface area contributed by atoms with E-state index >= 15 is 0 Å². The Morgan fingerprint density at radius 3 is 2.14 bits per heavy atom. The van der Waals surface area contributed by atoms with Crippen LogP contribution in [0.1, 0.15) is 41.5 Å². The highest BCUT2D eigenvalue weighted by Crippen LogP contribution is 2.22. The largest absolute Gasteiger partial charge is 0.492 e. The first kappa shape index (κ1) is 23.6. The molecule has 0 saturated heterocycles. The molecule has 0 unspecified atom stereocenters. The van der Waals surface area contributed by atoms with E-state index in [1.807, 2.05) is 19.0 Å². The first-order valence-corrected chi connectivity index (χ1v) is 9.17. The second kappa shape index (κ2) is 9.64. The van der Waals surface area contributed by atoms with Crippen molar-refractivity contribution in [2.75, 3.05) is 32.3 Å². The highest BCUT2D eigenvalue weighted by atomic mass is 16.6. The maximum Gasteiger partial charge on any atom is 0.434 e. The number of rotatable bonds is 5. The molecule has 1 aromatic rings. The Balaban J connectivity index is 3.03. The standard InChI is InChI=1S/C20H33N3O5/c1-19(2,3)27-17(24)21-23(18(25)28-20(4,5)6)15-10-9-11-16(14-15)26-13-12-22(7)8/h9-11,14H,12-13H2,1-8H3,(H,21,24). The van der Waals surface area contributed by atoms with Crippen LogP contribution in [0.3, 0.4) is 0 Å². The van der Waals surface area contributed by atoms with Crippen LogP contribution in [-0.4, -0.2) is 55.5 Å². The lowest BCUT2D eigenvalue weighted by molar-refractivity contribution is 0.0425. The Labute approximate surface area is 167 Å². The number of amides is 2. The number of hydrazine groups is 1. The topological polar surface area (TPSA) is 80.3 Å². The fourth-order valence-electron chi connectivity index (χ4n) is 1.97. The number of nitrogens with zero attached hydrogens (tertiary/aromatic N) is 2. The Morgan fingerprint density at radius 2 is 1.61 bits per heavy atom. The van der Waals surface area contributed by atoms with Crippen molar-refractivity contribution in [2.45, 2.75) is 52.7 Å². The van der Waals surface area contributed by atoms with Crippen LogP contribution < -0.4 is 15.2 Å². The summed E-state index contributed by atoms with van der Waals surface area (Å²) in [6.45, 7) is 11.7. The van der Waals surface area contributed by atoms with Gasteiger partial charge in [-0.15, -0.1) is 0 Å². The first-order valence-electron chi connectivity index (χ1n) is 9.17. The molecule has 0 fully saturated rings. The Kier molecular flexibility index (Phi) is 8.11. The highest BCUT2D eigenvalue weighted by molar-refractivity contribution is 5.91. The number of nitrogens with one attached hydrogen (secondary N) is 1. The van der Waals surface area contributed by atoms with Crippen molar-refractivity contribution in [2.24, 2.45) is 0 Å². The number of hydrogen-bond donors (Lipinski definition) is 1. The van der Waals surface area contributed by atoms with Crippen molar-refractivity contribution in [3.8, 4) is 5.75 Å². The van der Waals surface area contributed by atoms with Crippen LogP contribution in [0.25, 0.3) is 0 Å². The van der Waals surface area contributed by atoms with Gasteiger partial charge < -0.3 is 19.1 Å². The summed E-state index contributed by atoms with van der Waals surface area (Å²) in [5.74, 6) is 0.568. The van der Waals surface area contributed by atoms with Crippen molar-refractivity contribution in [1.29, 1.82) is 0 Å². The number of likely N-dealkylation sites (N-methyl/N-ethyl adjacent to an activating group) is 1. The smallest absolute Gasteiger partial charge is 0.434 e. The van der Waals surface area contributed by atoms with Gasteiger partial charge in [-0.1, -0.05) is 6.07 Å². The molecule has 0 saturated carbocycles. The molecule has 0 bridgehead atoms. The van der Waals surface area contributed by atoms with Crippen molar-refractivity contribution in [1.82, 2.24) is 10.3 Å². The highest BCUT2D eigenvalue weighted by Gasteiger charge is 2.27. The zero-order valence-electron chi connectivity index (χ0n) is 18.2. The third kappa shape index (κ3) is 9.45. The maximum absolute atomic E-state index is 12.7. The molecule has 8 nitrogen and oxygen atoms in total. The van der Waals surface area contributed by atoms with Crippen LogP contribution >= 0.6 is 0 Å². The maximum atomic E-state index is 12.7. The average Bonchev–Trinajstić information content (AvgIpc) is 2.49. The molecule has 0 heterocycles. The van der Waals surface area contributed by atoms with Crippen molar-refractivity contribution in [3.05, 3.63) is 24.3 Å². The van der Waals surface area contributed by atoms with E-state index in [0.29, 0.717) is 18.0 Å². The van der Waals surface area contributed by atoms with Crippen molar-refractivity contribution in [3.63, 3.8) is 0 Å². The van der Waals surface area contributed by atoms with Crippen molar-refractivity contribution >= 4 is 17.9 Å². The summed E-state index contributed by atoms with van der Waals surface area (Å²) in [6.07, 6.45) is -1.50. The van der Waals surface area contributed by atoms with Gasteiger partial charge in [0.15, 0.2) is 0 Å². The molecule has 0 aromatic heterocycles. The van der Waals surface area contributed by atoms with Crippen molar-refractivity contribution < 1.29 is 23.8 Å². The van der Waals surface area contributed by atoms with Gasteiger partial charge in [-0.3, -0.25) is 0 Å². The normalized spacial score (nSPS) is 11.8. The molecule has 158 valence electrons. The number of ether oxygens (including phenoxy) is 3. The van der Waals surface area contributed by atoms with Gasteiger partial charge in [-0.2, -0.15) is 5.01 Å². The molecule has 1 N–H and O–H groups in total. The summed E-state index contributed by atoms with van der Waals surface area (Å²) in [4.78, 5) is 26.9. The van der Waals surface area contributed by atoms with Crippen LogP contribution in [0, 0.1) is 0 Å². The number of hydrogen-bond acceptors (Lipinski definition) is 6. The van der Waals surface area contributed by atoms with E-state index in [2.05, 4.69) is 5.43 Å². The van der Waals surface area contributed by atoms with E-state index in [1.165, 1.54) is 0 Å². The van der Waals surface area contributed by atoms with Crippen LogP contribution in [0.5, 0.6) is 5.75 Å². The summed E-state index contributed by atoms with van der Waals surface area (Å²) in [5.41, 5.74) is 1.40. The van der Waals surface area contributed by atoms with Gasteiger partial charge in [0.1, 0.15) is 23.6 Å². The van der Waals surface area contributed by atoms with E-state index in [1.54, 1.807) is 65.8 Å². The van der Waals surface area contributed by atoms with Crippen LogP contribution in [0.15, 0.2) is 24.3 Å². The first-order chi connectivity index (χ1) is 12.8. The number of carbonyl (C=O) groups is 2. The van der Waals surface area contributed by atoms with E-state index in [4.69, 9.17) is 14.2 Å². The average molecular weight is 396 g/mol. The van der Waals surface area contributed by atoms with E-state index in [0.717, 1.165) is 11.6 Å². The minimum atomic E-state index is -0.766. The molecule has 0 radical (unpaired) electrons. The van der Waals surface area contributed by atoms with E-state index < -0.39 is 23.4 Å². The lowest BCUT2D eigenvalue weighted by Gasteiger charge is -2.29. The second-order valence-corrected chi connectivity index (χ2v) is 8.58. The lowest BCUT2D eigenvalue weighted by atomic mass is 10.2. The summed E-state index contributed by atoms with van der Waals surface area (Å²) in [6, 6.07) is 6.82. The fraction of sp³-hybridized carbons (Fsp3) is 0.600. The Bertz CT molecular complexity index is 663. The van der Waals surface area contributed by atoms with Gasteiger partial charge in [0.05, 0.1) is 5.69 Å². The fourth-order valence-corrected chi connectivity index (χ4v) is 1.97. The van der Waals surface area contributed by atoms with E-state index in [9.17, 15) is 9.59 Å². The zero-order valence-corrected chi connectivity index (χ0v) is 18.2. The van der Waals surface area contributed by atoms with Gasteiger partial charge >= 0.3 is 12.2 Å². The summed E-state index contributed by atoms with van der Waals surface area (Å²) in [5, 5.41) is 1.01.